The number of fused-ring (bicyclic) bond motifs is 8. The van der Waals surface area contributed by atoms with Crippen LogP contribution in [0.2, 0.25) is 0 Å². The van der Waals surface area contributed by atoms with E-state index in [9.17, 15) is 9.59 Å². The summed E-state index contributed by atoms with van der Waals surface area (Å²) < 4.78 is 5.25. The van der Waals surface area contributed by atoms with Crippen LogP contribution in [0.1, 0.15) is 49.3 Å². The van der Waals surface area contributed by atoms with Crippen LogP contribution < -0.4 is 9.64 Å². The number of anilines is 1. The van der Waals surface area contributed by atoms with E-state index in [1.54, 1.807) is 31.4 Å². The highest BCUT2D eigenvalue weighted by Gasteiger charge is 2.58. The lowest BCUT2D eigenvalue weighted by Crippen LogP contribution is -2.39. The van der Waals surface area contributed by atoms with Crippen LogP contribution in [0.3, 0.4) is 0 Å². The number of H-pyrrole nitrogens is 1. The zero-order valence-electron chi connectivity index (χ0n) is 17.8. The molecule has 2 fully saturated rings. The predicted octanol–water partition coefficient (Wildman–Crippen LogP) is 4.98. The van der Waals surface area contributed by atoms with E-state index in [4.69, 9.17) is 4.74 Å². The number of hydrogen-bond acceptors (Lipinski definition) is 3. The van der Waals surface area contributed by atoms with Crippen molar-refractivity contribution in [2.75, 3.05) is 12.0 Å². The van der Waals surface area contributed by atoms with E-state index >= 15 is 0 Å². The molecule has 31 heavy (non-hydrogen) atoms. The third-order valence-corrected chi connectivity index (χ3v) is 7.76. The molecule has 158 valence electrons. The molecule has 2 aromatic carbocycles. The Morgan fingerprint density at radius 3 is 2.55 bits per heavy atom. The van der Waals surface area contributed by atoms with Crippen molar-refractivity contribution in [3.8, 4) is 5.75 Å². The quantitative estimate of drug-likeness (QED) is 0.602. The largest absolute Gasteiger partial charge is 0.497 e. The van der Waals surface area contributed by atoms with Gasteiger partial charge in [0.2, 0.25) is 11.8 Å². The van der Waals surface area contributed by atoms with Gasteiger partial charge >= 0.3 is 0 Å². The fraction of sp³-hybridized carbons (Fsp3) is 0.385. The number of carbonyl (C=O) groups excluding carboxylic acids is 2. The number of ether oxygens (including phenoxy) is 1. The summed E-state index contributed by atoms with van der Waals surface area (Å²) in [6, 6.07) is 15.5. The SMILES string of the molecule is COc1ccc(N2C(=O)[C@@H]3[C@@H]4CC(C)CC[C@@H]4c4c([nH]c5ccccc45)[C@@H]3C2=O)cc1. The van der Waals surface area contributed by atoms with Gasteiger partial charge in [0.1, 0.15) is 5.75 Å². The molecule has 0 radical (unpaired) electrons. The molecule has 2 amide bonds. The molecule has 3 aromatic rings. The van der Waals surface area contributed by atoms with Crippen molar-refractivity contribution in [3.63, 3.8) is 0 Å². The fourth-order valence-corrected chi connectivity index (χ4v) is 6.42. The number of amides is 2. The van der Waals surface area contributed by atoms with E-state index in [0.717, 1.165) is 24.1 Å². The van der Waals surface area contributed by atoms with E-state index in [2.05, 4.69) is 30.1 Å². The van der Waals surface area contributed by atoms with E-state index in [1.807, 2.05) is 6.07 Å². The van der Waals surface area contributed by atoms with Crippen LogP contribution in [0.4, 0.5) is 5.69 Å². The molecule has 1 aromatic heterocycles. The van der Waals surface area contributed by atoms with Crippen molar-refractivity contribution < 1.29 is 14.3 Å². The zero-order chi connectivity index (χ0) is 21.3. The van der Waals surface area contributed by atoms with E-state index in [1.165, 1.54) is 22.3 Å². The van der Waals surface area contributed by atoms with Gasteiger partial charge < -0.3 is 9.72 Å². The van der Waals surface area contributed by atoms with Gasteiger partial charge in [-0.15, -0.1) is 0 Å². The molecule has 5 heteroatoms. The molecular weight excluding hydrogens is 388 g/mol. The van der Waals surface area contributed by atoms with E-state index in [0.29, 0.717) is 23.3 Å². The van der Waals surface area contributed by atoms with Crippen molar-refractivity contribution in [2.45, 2.75) is 38.0 Å². The number of carbonyl (C=O) groups is 2. The van der Waals surface area contributed by atoms with Crippen molar-refractivity contribution in [1.82, 2.24) is 4.98 Å². The van der Waals surface area contributed by atoms with Crippen molar-refractivity contribution in [1.29, 1.82) is 0 Å². The Morgan fingerprint density at radius 2 is 1.77 bits per heavy atom. The van der Waals surface area contributed by atoms with Gasteiger partial charge in [-0.1, -0.05) is 31.5 Å². The summed E-state index contributed by atoms with van der Waals surface area (Å²) in [5.74, 6) is 0.951. The molecule has 2 aliphatic carbocycles. The Kier molecular flexibility index (Phi) is 4.04. The van der Waals surface area contributed by atoms with E-state index in [-0.39, 0.29) is 23.7 Å². The molecule has 1 saturated heterocycles. The van der Waals surface area contributed by atoms with Crippen molar-refractivity contribution in [3.05, 3.63) is 59.8 Å². The first-order chi connectivity index (χ1) is 15.1. The average molecular weight is 415 g/mol. The second kappa shape index (κ2) is 6.71. The van der Waals surface area contributed by atoms with Crippen LogP contribution in [0, 0.1) is 17.8 Å². The van der Waals surface area contributed by atoms with Gasteiger partial charge in [-0.25, -0.2) is 4.90 Å². The lowest BCUT2D eigenvalue weighted by atomic mass is 9.59. The number of imide groups is 1. The van der Waals surface area contributed by atoms with Gasteiger partial charge in [-0.05, 0) is 66.5 Å². The van der Waals surface area contributed by atoms with Crippen LogP contribution in [-0.4, -0.2) is 23.9 Å². The molecule has 1 saturated carbocycles. The number of hydrogen-bond donors (Lipinski definition) is 1. The van der Waals surface area contributed by atoms with Gasteiger partial charge in [0.25, 0.3) is 0 Å². The maximum atomic E-state index is 13.8. The molecule has 1 aliphatic heterocycles. The third-order valence-electron chi connectivity index (χ3n) is 7.76. The normalized spacial score (nSPS) is 29.6. The number of nitrogens with zero attached hydrogens (tertiary/aromatic N) is 1. The number of methoxy groups -OCH3 is 1. The van der Waals surface area contributed by atoms with Gasteiger partial charge in [-0.2, -0.15) is 0 Å². The summed E-state index contributed by atoms with van der Waals surface area (Å²) in [7, 11) is 1.61. The molecule has 5 nitrogen and oxygen atoms in total. The Bertz CT molecular complexity index is 1200. The minimum atomic E-state index is -0.427. The van der Waals surface area contributed by atoms with Gasteiger partial charge in [0.05, 0.1) is 24.6 Å². The number of para-hydroxylation sites is 1. The lowest BCUT2D eigenvalue weighted by molar-refractivity contribution is -0.123. The van der Waals surface area contributed by atoms with Crippen molar-refractivity contribution in [2.24, 2.45) is 17.8 Å². The van der Waals surface area contributed by atoms with Crippen LogP contribution in [0.5, 0.6) is 5.75 Å². The minimum Gasteiger partial charge on any atom is -0.497 e. The number of aromatic nitrogens is 1. The molecule has 3 aliphatic rings. The first kappa shape index (κ1) is 18.7. The number of benzene rings is 2. The van der Waals surface area contributed by atoms with Crippen LogP contribution in [0.25, 0.3) is 10.9 Å². The number of rotatable bonds is 2. The predicted molar refractivity (Wildman–Crippen MR) is 119 cm³/mol. The molecule has 6 rings (SSSR count). The number of nitrogens with one attached hydrogen (secondary N) is 1. The summed E-state index contributed by atoms with van der Waals surface area (Å²) >= 11 is 0. The Morgan fingerprint density at radius 1 is 1.00 bits per heavy atom. The average Bonchev–Trinajstić information content (AvgIpc) is 3.29. The molecule has 0 bridgehead atoms. The lowest BCUT2D eigenvalue weighted by Gasteiger charge is -2.43. The third kappa shape index (κ3) is 2.55. The monoisotopic (exact) mass is 414 g/mol. The Labute approximate surface area is 181 Å². The molecular formula is C26H26N2O3. The van der Waals surface area contributed by atoms with Gasteiger partial charge in [-0.3, -0.25) is 9.59 Å². The highest BCUT2D eigenvalue weighted by molar-refractivity contribution is 6.24. The molecule has 1 N–H and O–H groups in total. The Hall–Kier alpha value is -3.08. The topological polar surface area (TPSA) is 62.4 Å². The fourth-order valence-electron chi connectivity index (χ4n) is 6.42. The smallest absolute Gasteiger partial charge is 0.243 e. The molecule has 2 heterocycles. The maximum absolute atomic E-state index is 13.8. The van der Waals surface area contributed by atoms with Gasteiger partial charge in [0, 0.05) is 16.6 Å². The van der Waals surface area contributed by atoms with Crippen molar-refractivity contribution >= 4 is 28.4 Å². The maximum Gasteiger partial charge on any atom is 0.243 e. The summed E-state index contributed by atoms with van der Waals surface area (Å²) in [6.07, 6.45) is 3.25. The minimum absolute atomic E-state index is 0.0476. The van der Waals surface area contributed by atoms with Gasteiger partial charge in [0.15, 0.2) is 0 Å². The van der Waals surface area contributed by atoms with Crippen LogP contribution in [0.15, 0.2) is 48.5 Å². The zero-order valence-corrected chi connectivity index (χ0v) is 17.8. The highest BCUT2D eigenvalue weighted by Crippen LogP contribution is 2.58. The molecule has 0 spiro atoms. The number of aromatic amines is 1. The first-order valence-electron chi connectivity index (χ1n) is 11.2. The van der Waals surface area contributed by atoms with Crippen LogP contribution in [-0.2, 0) is 9.59 Å². The second-order valence-corrected chi connectivity index (χ2v) is 9.40. The highest BCUT2D eigenvalue weighted by atomic mass is 16.5. The summed E-state index contributed by atoms with van der Waals surface area (Å²) in [5.41, 5.74) is 3.94. The Balaban J connectivity index is 1.52. The first-order valence-corrected chi connectivity index (χ1v) is 11.2. The van der Waals surface area contributed by atoms with E-state index < -0.39 is 5.92 Å². The summed E-state index contributed by atoms with van der Waals surface area (Å²) in [5, 5.41) is 1.21. The second-order valence-electron chi connectivity index (χ2n) is 9.40. The summed E-state index contributed by atoms with van der Waals surface area (Å²) in [4.78, 5) is 32.5. The standard InChI is InChI=1S/C26H26N2O3/c1-14-7-12-17-19(13-14)22-23(24-21(17)18-5-3-4-6-20(18)27-24)26(30)28(25(22)29)15-8-10-16(31-2)11-9-15/h3-6,8-11,14,17,19,22-23,27H,7,12-13H2,1-2H3/t14?,17-,19+,22+,23+/m0/s1. The summed E-state index contributed by atoms with van der Waals surface area (Å²) in [6.45, 7) is 2.28. The van der Waals surface area contributed by atoms with Crippen LogP contribution >= 0.6 is 0 Å². The molecule has 5 atom stereocenters. The molecule has 1 unspecified atom stereocenters.